The lowest BCUT2D eigenvalue weighted by Crippen LogP contribution is -2.39. The van der Waals surface area contributed by atoms with Crippen LogP contribution in [0.3, 0.4) is 0 Å². The number of aryl methyl sites for hydroxylation is 1. The number of nitrogens with zero attached hydrogens (tertiary/aromatic N) is 3. The Labute approximate surface area is 173 Å². The van der Waals surface area contributed by atoms with Crippen LogP contribution in [0.25, 0.3) is 0 Å². The number of benzene rings is 2. The molecule has 0 radical (unpaired) electrons. The molecule has 1 unspecified atom stereocenters. The molecule has 156 valence electrons. The smallest absolute Gasteiger partial charge is 0.248 e. The maximum Gasteiger partial charge on any atom is 0.248 e. The highest BCUT2D eigenvalue weighted by molar-refractivity contribution is 5.44. The molecule has 7 heteroatoms. The fourth-order valence-corrected chi connectivity index (χ4v) is 4.41. The van der Waals surface area contributed by atoms with Gasteiger partial charge in [0.1, 0.15) is 17.7 Å². The van der Waals surface area contributed by atoms with Crippen molar-refractivity contribution in [2.24, 2.45) is 0 Å². The van der Waals surface area contributed by atoms with Crippen molar-refractivity contribution in [3.63, 3.8) is 0 Å². The summed E-state index contributed by atoms with van der Waals surface area (Å²) in [5.74, 6) is 0.426. The van der Waals surface area contributed by atoms with Crippen molar-refractivity contribution < 1.29 is 18.0 Å². The van der Waals surface area contributed by atoms with Crippen LogP contribution in [-0.4, -0.2) is 41.3 Å². The minimum atomic E-state index is -0.411. The number of rotatable bonds is 5. The van der Waals surface area contributed by atoms with Crippen LogP contribution >= 0.6 is 0 Å². The van der Waals surface area contributed by atoms with Crippen LogP contribution in [0.5, 0.6) is 0 Å². The van der Waals surface area contributed by atoms with Gasteiger partial charge in [0.15, 0.2) is 5.82 Å². The van der Waals surface area contributed by atoms with E-state index < -0.39 is 5.41 Å². The first-order chi connectivity index (χ1) is 14.6. The first-order valence-corrected chi connectivity index (χ1v) is 10.2. The van der Waals surface area contributed by atoms with Crippen LogP contribution in [-0.2, 0) is 10.2 Å². The predicted octanol–water partition coefficient (Wildman–Crippen LogP) is 4.16. The molecule has 2 aliphatic rings. The zero-order valence-corrected chi connectivity index (χ0v) is 16.8. The van der Waals surface area contributed by atoms with Crippen molar-refractivity contribution in [2.75, 3.05) is 26.3 Å². The largest absolute Gasteiger partial charge is 0.379 e. The van der Waals surface area contributed by atoms with Gasteiger partial charge in [0.05, 0.1) is 18.6 Å². The van der Waals surface area contributed by atoms with Gasteiger partial charge in [-0.05, 0) is 60.7 Å². The van der Waals surface area contributed by atoms with Gasteiger partial charge in [0.25, 0.3) is 0 Å². The van der Waals surface area contributed by atoms with Crippen molar-refractivity contribution in [3.8, 4) is 0 Å². The molecular formula is C23H23F2N3O2. The third kappa shape index (κ3) is 3.42. The number of hydrogen-bond donors (Lipinski definition) is 0. The molecule has 2 fully saturated rings. The lowest BCUT2D eigenvalue weighted by molar-refractivity contribution is 0.0180. The minimum Gasteiger partial charge on any atom is -0.379 e. The molecule has 3 aromatic rings. The van der Waals surface area contributed by atoms with Gasteiger partial charge in [-0.1, -0.05) is 23.4 Å². The lowest BCUT2D eigenvalue weighted by atomic mass is 9.91. The highest BCUT2D eigenvalue weighted by atomic mass is 19.1. The molecule has 1 aromatic heterocycles. The average Bonchev–Trinajstić information content (AvgIpc) is 3.41. The molecule has 1 aliphatic heterocycles. The summed E-state index contributed by atoms with van der Waals surface area (Å²) < 4.78 is 39.1. The second kappa shape index (κ2) is 7.56. The maximum absolute atomic E-state index is 14.0. The Morgan fingerprint density at radius 1 is 1.03 bits per heavy atom. The number of aromatic nitrogens is 2. The Balaban J connectivity index is 1.54. The van der Waals surface area contributed by atoms with Gasteiger partial charge in [-0.25, -0.2) is 8.78 Å². The van der Waals surface area contributed by atoms with Gasteiger partial charge in [0, 0.05) is 13.1 Å². The topological polar surface area (TPSA) is 51.4 Å². The Hall–Kier alpha value is -2.64. The second-order valence-electron chi connectivity index (χ2n) is 8.10. The first kappa shape index (κ1) is 19.3. The zero-order chi connectivity index (χ0) is 20.7. The van der Waals surface area contributed by atoms with E-state index in [0.717, 1.165) is 29.5 Å². The minimum absolute atomic E-state index is 0.267. The summed E-state index contributed by atoms with van der Waals surface area (Å²) in [5.41, 5.74) is 2.27. The van der Waals surface area contributed by atoms with Gasteiger partial charge < -0.3 is 9.26 Å². The Morgan fingerprint density at radius 3 is 2.53 bits per heavy atom. The Morgan fingerprint density at radius 2 is 1.80 bits per heavy atom. The monoisotopic (exact) mass is 411 g/mol. The zero-order valence-electron chi connectivity index (χ0n) is 16.8. The van der Waals surface area contributed by atoms with E-state index in [9.17, 15) is 8.78 Å². The van der Waals surface area contributed by atoms with Crippen molar-refractivity contribution in [3.05, 3.63) is 82.5 Å². The molecule has 30 heavy (non-hydrogen) atoms. The van der Waals surface area contributed by atoms with E-state index in [-0.39, 0.29) is 17.7 Å². The molecular weight excluding hydrogens is 388 g/mol. The van der Waals surface area contributed by atoms with Crippen molar-refractivity contribution in [1.82, 2.24) is 15.0 Å². The highest BCUT2D eigenvalue weighted by Gasteiger charge is 2.51. The quantitative estimate of drug-likeness (QED) is 0.631. The summed E-state index contributed by atoms with van der Waals surface area (Å²) in [6.07, 6.45) is 1.69. The highest BCUT2D eigenvalue weighted by Crippen LogP contribution is 2.53. The molecule has 1 atom stereocenters. The molecule has 1 saturated carbocycles. The summed E-state index contributed by atoms with van der Waals surface area (Å²) in [6.45, 7) is 4.54. The summed E-state index contributed by atoms with van der Waals surface area (Å²) in [4.78, 5) is 6.94. The summed E-state index contributed by atoms with van der Waals surface area (Å²) in [5, 5.41) is 4.30. The molecule has 1 saturated heterocycles. The van der Waals surface area contributed by atoms with E-state index in [1.54, 1.807) is 18.2 Å². The van der Waals surface area contributed by atoms with E-state index in [1.165, 1.54) is 18.2 Å². The average molecular weight is 411 g/mol. The summed E-state index contributed by atoms with van der Waals surface area (Å²) >= 11 is 0. The van der Waals surface area contributed by atoms with Crippen molar-refractivity contribution in [2.45, 2.75) is 31.2 Å². The van der Waals surface area contributed by atoms with Gasteiger partial charge in [0.2, 0.25) is 5.89 Å². The SMILES string of the molecule is Cc1ccc(F)cc1C1(c2noc(C(c3cccc(F)c3)N3CCOCC3)n2)CC1. The molecule has 2 heterocycles. The third-order valence-corrected chi connectivity index (χ3v) is 6.14. The van der Waals surface area contributed by atoms with E-state index in [2.05, 4.69) is 10.1 Å². The number of morpholine rings is 1. The van der Waals surface area contributed by atoms with E-state index in [4.69, 9.17) is 14.2 Å². The second-order valence-corrected chi connectivity index (χ2v) is 8.10. The maximum atomic E-state index is 14.0. The Bertz CT molecular complexity index is 1060. The molecule has 0 spiro atoms. The van der Waals surface area contributed by atoms with Crippen LogP contribution < -0.4 is 0 Å². The van der Waals surface area contributed by atoms with Gasteiger partial charge in [-0.15, -0.1) is 0 Å². The predicted molar refractivity (Wildman–Crippen MR) is 106 cm³/mol. The number of halogens is 2. The van der Waals surface area contributed by atoms with Crippen molar-refractivity contribution in [1.29, 1.82) is 0 Å². The standard InChI is InChI=1S/C23H23F2N3O2/c1-15-5-6-18(25)14-19(15)23(7-8-23)22-26-21(30-27-22)20(28-9-11-29-12-10-28)16-3-2-4-17(24)13-16/h2-6,13-14,20H,7-12H2,1H3. The van der Waals surface area contributed by atoms with E-state index in [0.29, 0.717) is 38.0 Å². The van der Waals surface area contributed by atoms with Crippen LogP contribution in [0.15, 0.2) is 47.0 Å². The molecule has 1 aliphatic carbocycles. The molecule has 0 amide bonds. The number of hydrogen-bond acceptors (Lipinski definition) is 5. The third-order valence-electron chi connectivity index (χ3n) is 6.14. The fraction of sp³-hybridized carbons (Fsp3) is 0.391. The summed E-state index contributed by atoms with van der Waals surface area (Å²) in [7, 11) is 0. The number of ether oxygens (including phenoxy) is 1. The summed E-state index contributed by atoms with van der Waals surface area (Å²) in [6, 6.07) is 11.0. The van der Waals surface area contributed by atoms with Gasteiger partial charge >= 0.3 is 0 Å². The van der Waals surface area contributed by atoms with Crippen LogP contribution in [0.4, 0.5) is 8.78 Å². The van der Waals surface area contributed by atoms with Crippen molar-refractivity contribution >= 4 is 0 Å². The van der Waals surface area contributed by atoms with Gasteiger partial charge in [-0.2, -0.15) is 4.98 Å². The molecule has 5 rings (SSSR count). The first-order valence-electron chi connectivity index (χ1n) is 10.2. The van der Waals surface area contributed by atoms with E-state index >= 15 is 0 Å². The van der Waals surface area contributed by atoms with Crippen LogP contribution in [0.2, 0.25) is 0 Å². The normalized spacial score (nSPS) is 19.6. The molecule has 5 nitrogen and oxygen atoms in total. The molecule has 2 aromatic carbocycles. The molecule has 0 bridgehead atoms. The van der Waals surface area contributed by atoms with E-state index in [1.807, 2.05) is 13.0 Å². The van der Waals surface area contributed by atoms with Crippen LogP contribution in [0.1, 0.15) is 47.3 Å². The fourth-order valence-electron chi connectivity index (χ4n) is 4.41. The van der Waals surface area contributed by atoms with Crippen LogP contribution in [0, 0.1) is 18.6 Å². The molecule has 0 N–H and O–H groups in total. The Kier molecular flexibility index (Phi) is 4.87. The lowest BCUT2D eigenvalue weighted by Gasteiger charge is -2.32. The van der Waals surface area contributed by atoms with Gasteiger partial charge in [-0.3, -0.25) is 4.90 Å².